The van der Waals surface area contributed by atoms with Crippen LogP contribution >= 0.6 is 0 Å². The lowest BCUT2D eigenvalue weighted by Gasteiger charge is -2.01. The van der Waals surface area contributed by atoms with Gasteiger partial charge >= 0.3 is 0 Å². The smallest absolute Gasteiger partial charge is 0.0697 e. The minimum atomic E-state index is -0.000643. The maximum absolute atomic E-state index is 8.94. The van der Waals surface area contributed by atoms with Gasteiger partial charge in [-0.1, -0.05) is 0 Å². The van der Waals surface area contributed by atoms with E-state index in [1.807, 2.05) is 12.1 Å². The van der Waals surface area contributed by atoms with Crippen LogP contribution in [-0.2, 0) is 6.61 Å². The second kappa shape index (κ2) is 3.93. The molecule has 0 aliphatic carbocycles. The zero-order valence-electron chi connectivity index (χ0n) is 7.46. The highest BCUT2D eigenvalue weighted by Gasteiger charge is 1.98. The normalized spacial score (nSPS) is 10.1. The van der Waals surface area contributed by atoms with Crippen molar-refractivity contribution in [2.45, 2.75) is 6.61 Å². The average Bonchev–Trinajstić information content (AvgIpc) is 2.30. The van der Waals surface area contributed by atoms with Crippen LogP contribution in [-0.4, -0.2) is 20.3 Å². The van der Waals surface area contributed by atoms with Gasteiger partial charge in [-0.3, -0.25) is 4.98 Å². The van der Waals surface area contributed by atoms with E-state index in [2.05, 4.69) is 15.2 Å². The van der Waals surface area contributed by atoms with Gasteiger partial charge in [-0.05, 0) is 17.7 Å². The van der Waals surface area contributed by atoms with Crippen molar-refractivity contribution in [1.29, 1.82) is 0 Å². The number of aliphatic hydroxyl groups excluding tert-OH is 1. The maximum Gasteiger partial charge on any atom is 0.0697 e. The van der Waals surface area contributed by atoms with Crippen LogP contribution in [0.25, 0.3) is 11.1 Å². The fraction of sp³-hybridized carbons (Fsp3) is 0.100. The third kappa shape index (κ3) is 1.75. The molecule has 0 saturated heterocycles. The molecule has 14 heavy (non-hydrogen) atoms. The molecule has 0 amide bonds. The third-order valence-electron chi connectivity index (χ3n) is 1.90. The van der Waals surface area contributed by atoms with Gasteiger partial charge in [0.1, 0.15) is 0 Å². The van der Waals surface area contributed by atoms with Gasteiger partial charge in [0.25, 0.3) is 0 Å². The monoisotopic (exact) mass is 187 g/mol. The van der Waals surface area contributed by atoms with E-state index in [0.29, 0.717) is 0 Å². The van der Waals surface area contributed by atoms with E-state index < -0.39 is 0 Å². The molecule has 0 spiro atoms. The van der Waals surface area contributed by atoms with Gasteiger partial charge in [0, 0.05) is 23.5 Å². The molecular formula is C10H9N3O. The van der Waals surface area contributed by atoms with Crippen LogP contribution in [0.1, 0.15) is 5.56 Å². The molecule has 2 heterocycles. The van der Waals surface area contributed by atoms with Gasteiger partial charge in [0.15, 0.2) is 0 Å². The molecule has 0 fully saturated rings. The van der Waals surface area contributed by atoms with Crippen LogP contribution in [0.15, 0.2) is 36.9 Å². The molecule has 0 bridgehead atoms. The highest BCUT2D eigenvalue weighted by atomic mass is 16.3. The van der Waals surface area contributed by atoms with Gasteiger partial charge in [-0.2, -0.15) is 10.2 Å². The van der Waals surface area contributed by atoms with E-state index in [4.69, 9.17) is 5.11 Å². The Hall–Kier alpha value is -1.81. The van der Waals surface area contributed by atoms with E-state index in [-0.39, 0.29) is 6.61 Å². The summed E-state index contributed by atoms with van der Waals surface area (Å²) in [7, 11) is 0. The first-order chi connectivity index (χ1) is 6.90. The number of rotatable bonds is 2. The summed E-state index contributed by atoms with van der Waals surface area (Å²) < 4.78 is 0. The van der Waals surface area contributed by atoms with Gasteiger partial charge in [0.2, 0.25) is 0 Å². The zero-order valence-corrected chi connectivity index (χ0v) is 7.46. The Kier molecular flexibility index (Phi) is 2.46. The van der Waals surface area contributed by atoms with E-state index >= 15 is 0 Å². The minimum Gasteiger partial charge on any atom is -0.392 e. The first-order valence-corrected chi connectivity index (χ1v) is 4.22. The summed E-state index contributed by atoms with van der Waals surface area (Å²) in [4.78, 5) is 4.02. The quantitative estimate of drug-likeness (QED) is 0.762. The van der Waals surface area contributed by atoms with Gasteiger partial charge in [0.05, 0.1) is 19.0 Å². The fourth-order valence-electron chi connectivity index (χ4n) is 1.19. The first kappa shape index (κ1) is 8.77. The lowest BCUT2D eigenvalue weighted by atomic mass is 10.1. The molecule has 2 aromatic heterocycles. The van der Waals surface area contributed by atoms with Crippen LogP contribution in [0.3, 0.4) is 0 Å². The van der Waals surface area contributed by atoms with Crippen LogP contribution in [0, 0.1) is 0 Å². The number of hydrogen-bond acceptors (Lipinski definition) is 4. The molecule has 0 radical (unpaired) electrons. The summed E-state index contributed by atoms with van der Waals surface area (Å²) in [6, 6.07) is 3.73. The van der Waals surface area contributed by atoms with E-state index in [1.54, 1.807) is 24.8 Å². The number of nitrogens with zero attached hydrogens (tertiary/aromatic N) is 3. The molecule has 2 rings (SSSR count). The topological polar surface area (TPSA) is 58.9 Å². The van der Waals surface area contributed by atoms with Crippen molar-refractivity contribution >= 4 is 0 Å². The Bertz CT molecular complexity index is 417. The van der Waals surface area contributed by atoms with Gasteiger partial charge in [-0.15, -0.1) is 0 Å². The Balaban J connectivity index is 2.42. The largest absolute Gasteiger partial charge is 0.392 e. The Morgan fingerprint density at radius 3 is 2.71 bits per heavy atom. The first-order valence-electron chi connectivity index (χ1n) is 4.22. The molecule has 4 heteroatoms. The second-order valence-corrected chi connectivity index (χ2v) is 2.87. The van der Waals surface area contributed by atoms with E-state index in [9.17, 15) is 0 Å². The molecule has 2 aromatic rings. The summed E-state index contributed by atoms with van der Waals surface area (Å²) in [6.45, 7) is -0.000643. The fourth-order valence-corrected chi connectivity index (χ4v) is 1.19. The number of aromatic nitrogens is 3. The molecule has 0 unspecified atom stereocenters. The molecule has 0 aliphatic heterocycles. The lowest BCUT2D eigenvalue weighted by molar-refractivity contribution is 0.281. The minimum absolute atomic E-state index is 0.000643. The summed E-state index contributed by atoms with van der Waals surface area (Å²) in [5, 5.41) is 16.4. The van der Waals surface area contributed by atoms with Crippen LogP contribution in [0.5, 0.6) is 0 Å². The molecule has 0 atom stereocenters. The number of hydrogen-bond donors (Lipinski definition) is 1. The molecular weight excluding hydrogens is 178 g/mol. The SMILES string of the molecule is OCc1cncc(-c2ccnnc2)c1. The Morgan fingerprint density at radius 1 is 1.07 bits per heavy atom. The summed E-state index contributed by atoms with van der Waals surface area (Å²) >= 11 is 0. The highest BCUT2D eigenvalue weighted by molar-refractivity contribution is 5.61. The van der Waals surface area contributed by atoms with Crippen molar-refractivity contribution in [2.24, 2.45) is 0 Å². The molecule has 4 nitrogen and oxygen atoms in total. The summed E-state index contributed by atoms with van der Waals surface area (Å²) in [5.74, 6) is 0. The van der Waals surface area contributed by atoms with Crippen molar-refractivity contribution in [3.8, 4) is 11.1 Å². The molecule has 0 saturated carbocycles. The molecule has 70 valence electrons. The van der Waals surface area contributed by atoms with Crippen LogP contribution in [0.4, 0.5) is 0 Å². The van der Waals surface area contributed by atoms with Crippen molar-refractivity contribution < 1.29 is 5.11 Å². The second-order valence-electron chi connectivity index (χ2n) is 2.87. The Labute approximate surface area is 81.3 Å². The van der Waals surface area contributed by atoms with Crippen LogP contribution in [0.2, 0.25) is 0 Å². The number of pyridine rings is 1. The van der Waals surface area contributed by atoms with Crippen molar-refractivity contribution in [3.05, 3.63) is 42.5 Å². The number of aliphatic hydroxyl groups is 1. The third-order valence-corrected chi connectivity index (χ3v) is 1.90. The summed E-state index contributed by atoms with van der Waals surface area (Å²) in [6.07, 6.45) is 6.66. The van der Waals surface area contributed by atoms with Crippen molar-refractivity contribution in [2.75, 3.05) is 0 Å². The van der Waals surface area contributed by atoms with E-state index in [0.717, 1.165) is 16.7 Å². The molecule has 0 aromatic carbocycles. The van der Waals surface area contributed by atoms with Crippen molar-refractivity contribution in [1.82, 2.24) is 15.2 Å². The van der Waals surface area contributed by atoms with Crippen LogP contribution < -0.4 is 0 Å². The summed E-state index contributed by atoms with van der Waals surface area (Å²) in [5.41, 5.74) is 2.67. The maximum atomic E-state index is 8.94. The highest BCUT2D eigenvalue weighted by Crippen LogP contribution is 2.17. The van der Waals surface area contributed by atoms with Crippen molar-refractivity contribution in [3.63, 3.8) is 0 Å². The standard InChI is InChI=1S/C10H9N3O/c14-7-8-3-10(5-11-4-8)9-1-2-12-13-6-9/h1-6,14H,7H2. The zero-order chi connectivity index (χ0) is 9.80. The predicted octanol–water partition coefficient (Wildman–Crippen LogP) is 1.03. The van der Waals surface area contributed by atoms with Gasteiger partial charge in [-0.25, -0.2) is 0 Å². The average molecular weight is 187 g/mol. The lowest BCUT2D eigenvalue weighted by Crippen LogP contribution is -1.88. The van der Waals surface area contributed by atoms with E-state index in [1.165, 1.54) is 0 Å². The van der Waals surface area contributed by atoms with Gasteiger partial charge < -0.3 is 5.11 Å². The Morgan fingerprint density at radius 2 is 2.00 bits per heavy atom. The molecule has 0 aliphatic rings. The predicted molar refractivity (Wildman–Crippen MR) is 51.2 cm³/mol. The molecule has 1 N–H and O–H groups in total.